The van der Waals surface area contributed by atoms with E-state index in [1.54, 1.807) is 31.2 Å². The van der Waals surface area contributed by atoms with E-state index >= 15 is 0 Å². The Morgan fingerprint density at radius 2 is 1.60 bits per heavy atom. The van der Waals surface area contributed by atoms with Crippen LogP contribution in [0.25, 0.3) is 11.1 Å². The van der Waals surface area contributed by atoms with Crippen LogP contribution in [0, 0.1) is 6.92 Å². The normalized spacial score (nSPS) is 13.3. The molecule has 158 valence electrons. The number of benzene rings is 3. The van der Waals surface area contributed by atoms with Gasteiger partial charge in [-0.25, -0.2) is 8.78 Å². The van der Waals surface area contributed by atoms with Crippen molar-refractivity contribution in [2.24, 2.45) is 0 Å². The molecule has 0 fully saturated rings. The molecule has 30 heavy (non-hydrogen) atoms. The van der Waals surface area contributed by atoms with Gasteiger partial charge >= 0.3 is 0 Å². The molecule has 3 aromatic rings. The van der Waals surface area contributed by atoms with Crippen molar-refractivity contribution in [3.63, 3.8) is 0 Å². The summed E-state index contributed by atoms with van der Waals surface area (Å²) >= 11 is 0. The molecule has 3 rings (SSSR count). The molecule has 0 aliphatic heterocycles. The molecular weight excluding hydrogens is 382 g/mol. The topological polar surface area (TPSA) is 18.5 Å². The zero-order chi connectivity index (χ0) is 21.6. The monoisotopic (exact) mass is 410 g/mol. The summed E-state index contributed by atoms with van der Waals surface area (Å²) in [7, 11) is 0. The van der Waals surface area contributed by atoms with Crippen LogP contribution in [-0.4, -0.2) is 19.6 Å². The summed E-state index contributed by atoms with van der Waals surface area (Å²) < 4.78 is 39.2. The fourth-order valence-electron chi connectivity index (χ4n) is 3.51. The second-order valence-corrected chi connectivity index (χ2v) is 7.62. The smallest absolute Gasteiger partial charge is 0.250 e. The average Bonchev–Trinajstić information content (AvgIpc) is 2.76. The van der Waals surface area contributed by atoms with E-state index in [2.05, 4.69) is 18.2 Å². The molecule has 4 heteroatoms. The summed E-state index contributed by atoms with van der Waals surface area (Å²) in [4.78, 5) is 0. The van der Waals surface area contributed by atoms with E-state index in [0.29, 0.717) is 17.9 Å². The van der Waals surface area contributed by atoms with Gasteiger partial charge in [0.05, 0.1) is 25.2 Å². The van der Waals surface area contributed by atoms with Gasteiger partial charge in [0.15, 0.2) is 0 Å². The molecule has 0 spiro atoms. The molecule has 1 unspecified atom stereocenters. The van der Waals surface area contributed by atoms with Gasteiger partial charge in [0.1, 0.15) is 5.75 Å². The molecule has 2 nitrogen and oxygen atoms in total. The average molecular weight is 411 g/mol. The maximum Gasteiger partial charge on any atom is 0.250 e. The van der Waals surface area contributed by atoms with Gasteiger partial charge in [0.25, 0.3) is 0 Å². The summed E-state index contributed by atoms with van der Waals surface area (Å²) in [6.07, 6.45) is -2.55. The Morgan fingerprint density at radius 1 is 0.900 bits per heavy atom. The lowest BCUT2D eigenvalue weighted by Crippen LogP contribution is -2.36. The first-order chi connectivity index (χ1) is 14.5. The maximum atomic E-state index is 14.0. The Morgan fingerprint density at radius 3 is 2.23 bits per heavy atom. The number of halogens is 2. The Hall–Kier alpha value is -2.72. The van der Waals surface area contributed by atoms with E-state index < -0.39 is 11.8 Å². The van der Waals surface area contributed by atoms with Crippen LogP contribution >= 0.6 is 0 Å². The van der Waals surface area contributed by atoms with Crippen molar-refractivity contribution in [3.05, 3.63) is 89.5 Å². The highest BCUT2D eigenvalue weighted by Gasteiger charge is 2.37. The number of hydrogen-bond acceptors (Lipinski definition) is 2. The van der Waals surface area contributed by atoms with Crippen molar-refractivity contribution >= 4 is 0 Å². The minimum atomic E-state index is -2.55. The van der Waals surface area contributed by atoms with Crippen molar-refractivity contribution < 1.29 is 18.3 Å². The van der Waals surface area contributed by atoms with Crippen molar-refractivity contribution in [2.45, 2.75) is 39.2 Å². The highest BCUT2D eigenvalue weighted by molar-refractivity contribution is 5.68. The Bertz CT molecular complexity index is 939. The first-order valence-corrected chi connectivity index (χ1v) is 10.2. The third kappa shape index (κ3) is 4.88. The summed E-state index contributed by atoms with van der Waals surface area (Å²) in [5.74, 6) is 0.673. The molecule has 3 aromatic carbocycles. The lowest BCUT2D eigenvalue weighted by Gasteiger charge is -2.29. The summed E-state index contributed by atoms with van der Waals surface area (Å²) in [6.45, 7) is 6.22. The van der Waals surface area contributed by atoms with Crippen molar-refractivity contribution in [2.75, 3.05) is 13.2 Å². The molecule has 0 saturated heterocycles. The largest absolute Gasteiger partial charge is 0.494 e. The summed E-state index contributed by atoms with van der Waals surface area (Å²) in [5.41, 5.74) is 3.50. The van der Waals surface area contributed by atoms with Crippen molar-refractivity contribution in [1.82, 2.24) is 0 Å². The van der Waals surface area contributed by atoms with Crippen LogP contribution in [0.4, 0.5) is 8.78 Å². The van der Waals surface area contributed by atoms with Gasteiger partial charge in [-0.15, -0.1) is 0 Å². The molecular formula is C26H28F2O2. The second kappa shape index (κ2) is 9.86. The predicted molar refractivity (Wildman–Crippen MR) is 117 cm³/mol. The summed E-state index contributed by atoms with van der Waals surface area (Å²) in [6, 6.07) is 23.0. The van der Waals surface area contributed by atoms with E-state index in [-0.39, 0.29) is 13.2 Å². The molecule has 0 aliphatic rings. The van der Waals surface area contributed by atoms with E-state index in [1.807, 2.05) is 44.2 Å². The fourth-order valence-corrected chi connectivity index (χ4v) is 3.51. The quantitative estimate of drug-likeness (QED) is 0.386. The van der Waals surface area contributed by atoms with Crippen LogP contribution in [0.2, 0.25) is 0 Å². The van der Waals surface area contributed by atoms with Gasteiger partial charge in [-0.3, -0.25) is 0 Å². The molecule has 0 aromatic heterocycles. The predicted octanol–water partition coefficient (Wildman–Crippen LogP) is 6.80. The van der Waals surface area contributed by atoms with E-state index in [9.17, 15) is 8.78 Å². The van der Waals surface area contributed by atoms with Crippen LogP contribution in [0.3, 0.4) is 0 Å². The van der Waals surface area contributed by atoms with Gasteiger partial charge in [0.2, 0.25) is 6.43 Å². The van der Waals surface area contributed by atoms with E-state index in [0.717, 1.165) is 22.3 Å². The van der Waals surface area contributed by atoms with Gasteiger partial charge < -0.3 is 9.47 Å². The summed E-state index contributed by atoms with van der Waals surface area (Å²) in [5, 5.41) is 0. The van der Waals surface area contributed by atoms with Crippen LogP contribution in [0.15, 0.2) is 72.8 Å². The number of rotatable bonds is 9. The van der Waals surface area contributed by atoms with Crippen LogP contribution in [0.1, 0.15) is 30.5 Å². The molecule has 0 bridgehead atoms. The standard InChI is InChI=1S/C26H28F2O2/c1-4-30-23-15-13-22(14-16-23)26(3,25(27)28)18-29-17-21-11-8-12-24(19(21)2)20-9-6-5-7-10-20/h5-16,25H,4,17-18H2,1-3H3. The zero-order valence-electron chi connectivity index (χ0n) is 17.7. The minimum Gasteiger partial charge on any atom is -0.494 e. The van der Waals surface area contributed by atoms with Gasteiger partial charge in [0, 0.05) is 0 Å². The SMILES string of the molecule is CCOc1ccc(C(C)(COCc2cccc(-c3ccccc3)c2C)C(F)F)cc1. The number of alkyl halides is 2. The first kappa shape index (κ1) is 22.0. The van der Waals surface area contributed by atoms with E-state index in [1.165, 1.54) is 0 Å². The number of hydrogen-bond donors (Lipinski definition) is 0. The fraction of sp³-hybridized carbons (Fsp3) is 0.308. The van der Waals surface area contributed by atoms with Gasteiger partial charge in [-0.05, 0) is 60.7 Å². The highest BCUT2D eigenvalue weighted by Crippen LogP contribution is 2.33. The zero-order valence-corrected chi connectivity index (χ0v) is 17.7. The third-order valence-corrected chi connectivity index (χ3v) is 5.50. The minimum absolute atomic E-state index is 0.0757. The van der Waals surface area contributed by atoms with Crippen LogP contribution in [0.5, 0.6) is 5.75 Å². The Labute approximate surface area is 177 Å². The molecule has 0 heterocycles. The van der Waals surface area contributed by atoms with Crippen LogP contribution in [-0.2, 0) is 16.8 Å². The van der Waals surface area contributed by atoms with Crippen LogP contribution < -0.4 is 4.74 Å². The molecule has 1 atom stereocenters. The Kier molecular flexibility index (Phi) is 7.22. The highest BCUT2D eigenvalue weighted by atomic mass is 19.3. The molecule has 0 aliphatic carbocycles. The second-order valence-electron chi connectivity index (χ2n) is 7.62. The lowest BCUT2D eigenvalue weighted by molar-refractivity contribution is -0.0128. The van der Waals surface area contributed by atoms with Crippen molar-refractivity contribution in [3.8, 4) is 16.9 Å². The molecule has 0 amide bonds. The van der Waals surface area contributed by atoms with Gasteiger partial charge in [-0.1, -0.05) is 60.7 Å². The maximum absolute atomic E-state index is 14.0. The van der Waals surface area contributed by atoms with Gasteiger partial charge in [-0.2, -0.15) is 0 Å². The molecule has 0 N–H and O–H groups in total. The third-order valence-electron chi connectivity index (χ3n) is 5.50. The molecule has 0 radical (unpaired) electrons. The Balaban J connectivity index is 1.73. The molecule has 0 saturated carbocycles. The van der Waals surface area contributed by atoms with E-state index in [4.69, 9.17) is 9.47 Å². The number of ether oxygens (including phenoxy) is 2. The first-order valence-electron chi connectivity index (χ1n) is 10.2. The van der Waals surface area contributed by atoms with Crippen molar-refractivity contribution in [1.29, 1.82) is 0 Å². The lowest BCUT2D eigenvalue weighted by atomic mass is 9.83.